The van der Waals surface area contributed by atoms with Crippen LogP contribution >= 0.6 is 37.2 Å². The van der Waals surface area contributed by atoms with Gasteiger partial charge in [0, 0.05) is 50.4 Å². The van der Waals surface area contributed by atoms with Crippen LogP contribution in [-0.2, 0) is 0 Å². The number of hydrogen-bond donors (Lipinski definition) is 0. The van der Waals surface area contributed by atoms with E-state index in [1.165, 1.54) is 6.92 Å². The SMILES string of the molecule is CC(=O)c1ccccn1.II. The first-order valence-electron chi connectivity index (χ1n) is 2.87. The van der Waals surface area contributed by atoms with Crippen LogP contribution in [0.1, 0.15) is 17.4 Å². The minimum atomic E-state index is 0.00981. The van der Waals surface area contributed by atoms with Gasteiger partial charge in [-0.3, -0.25) is 9.78 Å². The van der Waals surface area contributed by atoms with Gasteiger partial charge >= 0.3 is 0 Å². The predicted octanol–water partition coefficient (Wildman–Crippen LogP) is 3.06. The smallest absolute Gasteiger partial charge is 0.178 e. The second-order valence-electron chi connectivity index (χ2n) is 1.77. The molecule has 0 aromatic carbocycles. The maximum absolute atomic E-state index is 10.6. The molecule has 0 amide bonds. The molecule has 0 saturated heterocycles. The molecule has 1 aromatic heterocycles. The summed E-state index contributed by atoms with van der Waals surface area (Å²) in [5, 5.41) is 0. The predicted molar refractivity (Wildman–Crippen MR) is 62.3 cm³/mol. The summed E-state index contributed by atoms with van der Waals surface area (Å²) in [6, 6.07) is 5.28. The first-order chi connectivity index (χ1) is 5.30. The highest BCUT2D eigenvalue weighted by Crippen LogP contribution is 1.92. The van der Waals surface area contributed by atoms with E-state index in [1.807, 2.05) is 0 Å². The molecule has 2 nitrogen and oxygen atoms in total. The van der Waals surface area contributed by atoms with Crippen LogP contribution in [0.3, 0.4) is 0 Å². The maximum atomic E-state index is 10.6. The molecule has 1 rings (SSSR count). The van der Waals surface area contributed by atoms with Crippen molar-refractivity contribution in [3.63, 3.8) is 0 Å². The number of ketones is 1. The van der Waals surface area contributed by atoms with Crippen molar-refractivity contribution < 1.29 is 4.79 Å². The van der Waals surface area contributed by atoms with Crippen molar-refractivity contribution in [1.29, 1.82) is 0 Å². The quantitative estimate of drug-likeness (QED) is 0.558. The number of carbonyl (C=O) groups is 1. The molecule has 0 unspecified atom stereocenters. The largest absolute Gasteiger partial charge is 0.293 e. The average molecular weight is 375 g/mol. The summed E-state index contributed by atoms with van der Waals surface area (Å²) in [5.41, 5.74) is 0.525. The molecule has 1 aromatic rings. The zero-order valence-corrected chi connectivity index (χ0v) is 10.2. The second-order valence-corrected chi connectivity index (χ2v) is 1.77. The molecule has 0 saturated carbocycles. The fraction of sp³-hybridized carbons (Fsp3) is 0.143. The van der Waals surface area contributed by atoms with E-state index in [0.29, 0.717) is 5.69 Å². The van der Waals surface area contributed by atoms with Gasteiger partial charge in [0.15, 0.2) is 5.78 Å². The van der Waals surface area contributed by atoms with E-state index in [-0.39, 0.29) is 5.78 Å². The Labute approximate surface area is 89.1 Å². The first kappa shape index (κ1) is 11.3. The van der Waals surface area contributed by atoms with E-state index in [9.17, 15) is 4.79 Å². The van der Waals surface area contributed by atoms with Crippen molar-refractivity contribution in [2.24, 2.45) is 0 Å². The Morgan fingerprint density at radius 1 is 1.45 bits per heavy atom. The summed E-state index contributed by atoms with van der Waals surface area (Å²) in [7, 11) is 0. The molecule has 0 aliphatic heterocycles. The van der Waals surface area contributed by atoms with Gasteiger partial charge in [-0.25, -0.2) is 0 Å². The van der Waals surface area contributed by atoms with Gasteiger partial charge < -0.3 is 0 Å². The van der Waals surface area contributed by atoms with Gasteiger partial charge in [-0.2, -0.15) is 0 Å². The molecule has 0 radical (unpaired) electrons. The van der Waals surface area contributed by atoms with Crippen molar-refractivity contribution >= 4 is 43.0 Å². The van der Waals surface area contributed by atoms with Gasteiger partial charge in [-0.15, -0.1) is 0 Å². The van der Waals surface area contributed by atoms with Crippen LogP contribution < -0.4 is 0 Å². The molecule has 0 aliphatic rings. The molecular weight excluding hydrogens is 368 g/mol. The summed E-state index contributed by atoms with van der Waals surface area (Å²) >= 11 is 4.24. The third kappa shape index (κ3) is 4.67. The summed E-state index contributed by atoms with van der Waals surface area (Å²) in [6.45, 7) is 1.50. The van der Waals surface area contributed by atoms with Gasteiger partial charge in [0.05, 0.1) is 0 Å². The Morgan fingerprint density at radius 2 is 2.09 bits per heavy atom. The monoisotopic (exact) mass is 375 g/mol. The molecule has 0 aliphatic carbocycles. The number of nitrogens with zero attached hydrogens (tertiary/aromatic N) is 1. The van der Waals surface area contributed by atoms with Crippen LogP contribution in [0.2, 0.25) is 0 Å². The first-order valence-corrected chi connectivity index (χ1v) is 9.15. The van der Waals surface area contributed by atoms with Crippen molar-refractivity contribution in [1.82, 2.24) is 4.98 Å². The zero-order valence-electron chi connectivity index (χ0n) is 5.92. The van der Waals surface area contributed by atoms with Crippen molar-refractivity contribution in [3.05, 3.63) is 30.1 Å². The molecule has 0 spiro atoms. The summed E-state index contributed by atoms with van der Waals surface area (Å²) < 4.78 is 0. The van der Waals surface area contributed by atoms with Crippen molar-refractivity contribution in [3.8, 4) is 0 Å². The molecule has 0 atom stereocenters. The Morgan fingerprint density at radius 3 is 2.36 bits per heavy atom. The van der Waals surface area contributed by atoms with E-state index in [1.54, 1.807) is 24.4 Å². The van der Waals surface area contributed by atoms with Crippen LogP contribution in [0.5, 0.6) is 0 Å². The third-order valence-electron chi connectivity index (χ3n) is 1.03. The zero-order chi connectivity index (χ0) is 8.69. The molecular formula is C7H7I2NO. The topological polar surface area (TPSA) is 30.0 Å². The highest BCUT2D eigenvalue weighted by molar-refractivity contribution is 15.0. The van der Waals surface area contributed by atoms with Gasteiger partial charge in [0.2, 0.25) is 0 Å². The van der Waals surface area contributed by atoms with Crippen molar-refractivity contribution in [2.45, 2.75) is 6.92 Å². The molecule has 1 heterocycles. The fourth-order valence-corrected chi connectivity index (χ4v) is 0.571. The number of halogens is 2. The van der Waals surface area contributed by atoms with E-state index >= 15 is 0 Å². The third-order valence-corrected chi connectivity index (χ3v) is 1.03. The molecule has 60 valence electrons. The summed E-state index contributed by atoms with van der Waals surface area (Å²) in [6.07, 6.45) is 1.61. The van der Waals surface area contributed by atoms with Crippen molar-refractivity contribution in [2.75, 3.05) is 0 Å². The Balaban J connectivity index is 0.000000461. The minimum Gasteiger partial charge on any atom is -0.293 e. The maximum Gasteiger partial charge on any atom is 0.178 e. The number of aromatic nitrogens is 1. The van der Waals surface area contributed by atoms with Crippen LogP contribution in [0.15, 0.2) is 24.4 Å². The Kier molecular flexibility index (Phi) is 7.13. The summed E-state index contributed by atoms with van der Waals surface area (Å²) in [4.78, 5) is 14.4. The molecule has 0 fully saturated rings. The molecule has 0 N–H and O–H groups in total. The van der Waals surface area contributed by atoms with Gasteiger partial charge in [0.1, 0.15) is 5.69 Å². The molecule has 0 bridgehead atoms. The fourth-order valence-electron chi connectivity index (χ4n) is 0.571. The normalized spacial score (nSPS) is 7.91. The van der Waals surface area contributed by atoms with Gasteiger partial charge in [-0.1, -0.05) is 6.07 Å². The Hall–Kier alpha value is 0.280. The molecule has 11 heavy (non-hydrogen) atoms. The van der Waals surface area contributed by atoms with E-state index in [0.717, 1.165) is 0 Å². The number of carbonyl (C=O) groups excluding carboxylic acids is 1. The van der Waals surface area contributed by atoms with Gasteiger partial charge in [0.25, 0.3) is 0 Å². The van der Waals surface area contributed by atoms with E-state index in [4.69, 9.17) is 0 Å². The lowest BCUT2D eigenvalue weighted by molar-refractivity contribution is 0.101. The number of Topliss-reactive ketones (excluding diaryl/α,β-unsaturated/α-hetero) is 1. The number of pyridine rings is 1. The Bertz CT molecular complexity index is 213. The van der Waals surface area contributed by atoms with Crippen LogP contribution in [0, 0.1) is 0 Å². The van der Waals surface area contributed by atoms with Gasteiger partial charge in [-0.05, 0) is 12.1 Å². The lowest BCUT2D eigenvalue weighted by atomic mass is 10.3. The highest BCUT2D eigenvalue weighted by Gasteiger charge is 1.94. The van der Waals surface area contributed by atoms with Crippen LogP contribution in [-0.4, -0.2) is 10.8 Å². The standard InChI is InChI=1S/C7H7NO.I2/c1-6(9)7-4-2-3-5-8-7;1-2/h2-5H,1H3;. The van der Waals surface area contributed by atoms with E-state index < -0.39 is 0 Å². The van der Waals surface area contributed by atoms with E-state index in [2.05, 4.69) is 42.2 Å². The molecule has 4 heteroatoms. The number of rotatable bonds is 1. The number of hydrogen-bond acceptors (Lipinski definition) is 2. The van der Waals surface area contributed by atoms with Crippen LogP contribution in [0.4, 0.5) is 0 Å². The lowest BCUT2D eigenvalue weighted by Crippen LogP contribution is -1.93. The minimum absolute atomic E-state index is 0.00981. The summed E-state index contributed by atoms with van der Waals surface area (Å²) in [5.74, 6) is 0.00981. The lowest BCUT2D eigenvalue weighted by Gasteiger charge is -1.88. The highest BCUT2D eigenvalue weighted by atomic mass is 128. The second kappa shape index (κ2) is 6.96. The average Bonchev–Trinajstić information content (AvgIpc) is 2.10. The van der Waals surface area contributed by atoms with Crippen LogP contribution in [0.25, 0.3) is 0 Å².